The van der Waals surface area contributed by atoms with Gasteiger partial charge in [-0.25, -0.2) is 0 Å². The standard InChI is InChI=1S/C4H9NO.C4H9N.C2H6/c6-4-1-2-5-3-4;1-2-4-5-3-1;1-2/h4-6H,1-3H2;5H,1-4H2;1-2H3. The Balaban J connectivity index is 0.000000189. The van der Waals surface area contributed by atoms with Crippen LogP contribution in [0.25, 0.3) is 0 Å². The van der Waals surface area contributed by atoms with Crippen molar-refractivity contribution in [1.82, 2.24) is 10.6 Å². The van der Waals surface area contributed by atoms with Crippen molar-refractivity contribution in [2.75, 3.05) is 26.2 Å². The van der Waals surface area contributed by atoms with E-state index in [0.29, 0.717) is 0 Å². The number of aliphatic hydroxyl groups excluding tert-OH is 1. The maximum atomic E-state index is 8.67. The molecule has 2 saturated heterocycles. The minimum atomic E-state index is -0.0648. The summed E-state index contributed by atoms with van der Waals surface area (Å²) in [6, 6.07) is 0. The molecule has 2 aliphatic rings. The molecule has 0 aromatic carbocycles. The molecule has 3 N–H and O–H groups in total. The molecule has 0 aromatic rings. The summed E-state index contributed by atoms with van der Waals surface area (Å²) in [7, 11) is 0. The van der Waals surface area contributed by atoms with Gasteiger partial charge in [0.05, 0.1) is 6.10 Å². The van der Waals surface area contributed by atoms with Gasteiger partial charge in [-0.1, -0.05) is 13.8 Å². The van der Waals surface area contributed by atoms with Gasteiger partial charge < -0.3 is 15.7 Å². The number of aliphatic hydroxyl groups is 1. The van der Waals surface area contributed by atoms with Crippen molar-refractivity contribution >= 4 is 0 Å². The average Bonchev–Trinajstić information content (AvgIpc) is 2.81. The fraction of sp³-hybridized carbons (Fsp3) is 1.00. The van der Waals surface area contributed by atoms with Crippen molar-refractivity contribution < 1.29 is 5.11 Å². The molecule has 0 aromatic heterocycles. The lowest BCUT2D eigenvalue weighted by molar-refractivity contribution is 0.196. The minimum Gasteiger partial charge on any atom is -0.392 e. The Morgan fingerprint density at radius 2 is 1.62 bits per heavy atom. The van der Waals surface area contributed by atoms with E-state index in [1.165, 1.54) is 25.9 Å². The summed E-state index contributed by atoms with van der Waals surface area (Å²) in [6.07, 6.45) is 3.64. The molecule has 0 bridgehead atoms. The summed E-state index contributed by atoms with van der Waals surface area (Å²) >= 11 is 0. The van der Waals surface area contributed by atoms with Crippen LogP contribution < -0.4 is 10.6 Å². The van der Waals surface area contributed by atoms with Crippen LogP contribution in [0.15, 0.2) is 0 Å². The third-order valence-corrected chi connectivity index (χ3v) is 1.99. The van der Waals surface area contributed by atoms with Crippen molar-refractivity contribution in [1.29, 1.82) is 0 Å². The maximum absolute atomic E-state index is 8.67. The third-order valence-electron chi connectivity index (χ3n) is 1.99. The van der Waals surface area contributed by atoms with Gasteiger partial charge in [0.25, 0.3) is 0 Å². The molecule has 2 heterocycles. The SMILES string of the molecule is C1CCNC1.CC.OC1CCNC1. The fourth-order valence-electron chi connectivity index (χ4n) is 1.26. The van der Waals surface area contributed by atoms with Crippen molar-refractivity contribution in [3.8, 4) is 0 Å². The van der Waals surface area contributed by atoms with Gasteiger partial charge in [-0.05, 0) is 38.9 Å². The summed E-state index contributed by atoms with van der Waals surface area (Å²) in [5.74, 6) is 0. The molecule has 2 rings (SSSR count). The first-order chi connectivity index (χ1) is 6.39. The lowest BCUT2D eigenvalue weighted by atomic mass is 10.3. The number of rotatable bonds is 0. The number of β-amino-alcohol motifs (C(OH)–C–C–N with tert-alkyl or cyclic N) is 1. The van der Waals surface area contributed by atoms with E-state index in [0.717, 1.165) is 19.5 Å². The molecular formula is C10H24N2O. The highest BCUT2D eigenvalue weighted by Crippen LogP contribution is 1.93. The first-order valence-electron chi connectivity index (χ1n) is 5.49. The van der Waals surface area contributed by atoms with Crippen LogP contribution in [0.1, 0.15) is 33.1 Å². The molecule has 2 fully saturated rings. The largest absolute Gasteiger partial charge is 0.392 e. The normalized spacial score (nSPS) is 25.6. The topological polar surface area (TPSA) is 44.3 Å². The van der Waals surface area contributed by atoms with Gasteiger partial charge in [0.15, 0.2) is 0 Å². The second kappa shape index (κ2) is 9.96. The van der Waals surface area contributed by atoms with E-state index in [9.17, 15) is 0 Å². The highest BCUT2D eigenvalue weighted by Gasteiger charge is 2.08. The zero-order valence-corrected chi connectivity index (χ0v) is 8.97. The number of nitrogens with one attached hydrogen (secondary N) is 2. The second-order valence-corrected chi connectivity index (χ2v) is 3.10. The summed E-state index contributed by atoms with van der Waals surface area (Å²) in [5, 5.41) is 14.9. The first-order valence-corrected chi connectivity index (χ1v) is 5.49. The molecule has 0 saturated carbocycles. The number of hydrogen-bond donors (Lipinski definition) is 3. The quantitative estimate of drug-likeness (QED) is 0.525. The van der Waals surface area contributed by atoms with Crippen molar-refractivity contribution in [2.24, 2.45) is 0 Å². The fourth-order valence-corrected chi connectivity index (χ4v) is 1.26. The molecule has 3 heteroatoms. The molecule has 0 spiro atoms. The van der Waals surface area contributed by atoms with Gasteiger partial charge >= 0.3 is 0 Å². The Morgan fingerprint density at radius 1 is 1.00 bits per heavy atom. The van der Waals surface area contributed by atoms with Crippen molar-refractivity contribution in [3.05, 3.63) is 0 Å². The summed E-state index contributed by atoms with van der Waals surface area (Å²) in [4.78, 5) is 0. The van der Waals surface area contributed by atoms with E-state index >= 15 is 0 Å². The van der Waals surface area contributed by atoms with Crippen LogP contribution in [0.5, 0.6) is 0 Å². The van der Waals surface area contributed by atoms with Gasteiger partial charge in [-0.3, -0.25) is 0 Å². The Bertz CT molecular complexity index is 81.3. The predicted octanol–water partition coefficient (Wildman–Crippen LogP) is 0.737. The molecule has 80 valence electrons. The van der Waals surface area contributed by atoms with Crippen LogP contribution >= 0.6 is 0 Å². The van der Waals surface area contributed by atoms with Crippen LogP contribution in [-0.4, -0.2) is 37.4 Å². The molecule has 1 unspecified atom stereocenters. The van der Waals surface area contributed by atoms with E-state index in [2.05, 4.69) is 10.6 Å². The van der Waals surface area contributed by atoms with Crippen LogP contribution in [0, 0.1) is 0 Å². The molecule has 0 aliphatic carbocycles. The predicted molar refractivity (Wildman–Crippen MR) is 56.9 cm³/mol. The lowest BCUT2D eigenvalue weighted by Gasteiger charge is -1.90. The van der Waals surface area contributed by atoms with E-state index in [1.807, 2.05) is 13.8 Å². The smallest absolute Gasteiger partial charge is 0.0676 e. The highest BCUT2D eigenvalue weighted by atomic mass is 16.3. The van der Waals surface area contributed by atoms with Gasteiger partial charge in [-0.2, -0.15) is 0 Å². The first kappa shape index (κ1) is 12.9. The molecule has 2 aliphatic heterocycles. The van der Waals surface area contributed by atoms with Crippen molar-refractivity contribution in [3.63, 3.8) is 0 Å². The summed E-state index contributed by atoms with van der Waals surface area (Å²) < 4.78 is 0. The van der Waals surface area contributed by atoms with Crippen LogP contribution in [-0.2, 0) is 0 Å². The molecular weight excluding hydrogens is 164 g/mol. The monoisotopic (exact) mass is 188 g/mol. The zero-order chi connectivity index (χ0) is 9.94. The van der Waals surface area contributed by atoms with Crippen LogP contribution in [0.3, 0.4) is 0 Å². The average molecular weight is 188 g/mol. The molecule has 1 atom stereocenters. The molecule has 3 nitrogen and oxygen atoms in total. The van der Waals surface area contributed by atoms with E-state index < -0.39 is 0 Å². The second-order valence-electron chi connectivity index (χ2n) is 3.10. The van der Waals surface area contributed by atoms with Gasteiger partial charge in [-0.15, -0.1) is 0 Å². The Kier molecular flexibility index (Phi) is 9.87. The van der Waals surface area contributed by atoms with E-state index in [4.69, 9.17) is 5.11 Å². The minimum absolute atomic E-state index is 0.0648. The third kappa shape index (κ3) is 8.22. The molecule has 0 amide bonds. The zero-order valence-electron chi connectivity index (χ0n) is 8.97. The lowest BCUT2D eigenvalue weighted by Crippen LogP contribution is -2.11. The van der Waals surface area contributed by atoms with Crippen LogP contribution in [0.2, 0.25) is 0 Å². The maximum Gasteiger partial charge on any atom is 0.0676 e. The summed E-state index contributed by atoms with van der Waals surface area (Å²) in [5.41, 5.74) is 0. The van der Waals surface area contributed by atoms with Gasteiger partial charge in [0.1, 0.15) is 0 Å². The molecule has 0 radical (unpaired) electrons. The Morgan fingerprint density at radius 3 is 1.77 bits per heavy atom. The van der Waals surface area contributed by atoms with E-state index in [1.54, 1.807) is 0 Å². The van der Waals surface area contributed by atoms with Crippen molar-refractivity contribution in [2.45, 2.75) is 39.2 Å². The van der Waals surface area contributed by atoms with Gasteiger partial charge in [0, 0.05) is 6.54 Å². The van der Waals surface area contributed by atoms with Crippen LogP contribution in [0.4, 0.5) is 0 Å². The highest BCUT2D eigenvalue weighted by molar-refractivity contribution is 4.67. The van der Waals surface area contributed by atoms with Gasteiger partial charge in [0.2, 0.25) is 0 Å². The molecule has 13 heavy (non-hydrogen) atoms. The Labute approximate surface area is 81.9 Å². The van der Waals surface area contributed by atoms with E-state index in [-0.39, 0.29) is 6.10 Å². The number of hydrogen-bond acceptors (Lipinski definition) is 3. The Hall–Kier alpha value is -0.120. The summed E-state index contributed by atoms with van der Waals surface area (Å²) in [6.45, 7) is 8.28.